The molecule has 0 unspecified atom stereocenters. The molecule has 3 nitrogen and oxygen atoms in total. The molecule has 0 aliphatic rings. The molecule has 78 valence electrons. The van der Waals surface area contributed by atoms with Crippen molar-refractivity contribution in [3.05, 3.63) is 0 Å². The van der Waals surface area contributed by atoms with E-state index in [-0.39, 0.29) is 13.9 Å². The molecule has 0 aliphatic heterocycles. The van der Waals surface area contributed by atoms with Crippen LogP contribution in [0.4, 0.5) is 0 Å². The monoisotopic (exact) mass is 206 g/mol. The van der Waals surface area contributed by atoms with Gasteiger partial charge in [0.1, 0.15) is 0 Å². The van der Waals surface area contributed by atoms with Gasteiger partial charge in [0.15, 0.2) is 0 Å². The average Bonchev–Trinajstić information content (AvgIpc) is 2.02. The lowest BCUT2D eigenvalue weighted by molar-refractivity contribution is -0.223. The first-order valence-electron chi connectivity index (χ1n) is 4.56. The van der Waals surface area contributed by atoms with Crippen molar-refractivity contribution in [1.82, 2.24) is 0 Å². The number of hydrogen-bond donors (Lipinski definition) is 0. The number of rotatable bonds is 5. The Kier molecular flexibility index (Phi) is 5.05. The highest BCUT2D eigenvalue weighted by Gasteiger charge is 2.45. The summed E-state index contributed by atoms with van der Waals surface area (Å²) >= 11 is 0. The maximum atomic E-state index is 11.1. The number of hydrogen-bond acceptors (Lipinski definition) is 3. The van der Waals surface area contributed by atoms with E-state index in [9.17, 15) is 4.57 Å². The van der Waals surface area contributed by atoms with Gasteiger partial charge in [0.05, 0.1) is 0 Å². The van der Waals surface area contributed by atoms with Gasteiger partial charge >= 0.3 is 0 Å². The van der Waals surface area contributed by atoms with E-state index in [0.717, 1.165) is 0 Å². The summed E-state index contributed by atoms with van der Waals surface area (Å²) in [5, 5.41) is 0. The molecule has 0 amide bonds. The van der Waals surface area contributed by atoms with Gasteiger partial charge in [-0.15, -0.1) is 0 Å². The minimum absolute atomic E-state index is 0.116. The fourth-order valence-electron chi connectivity index (χ4n) is 1.06. The zero-order valence-corrected chi connectivity index (χ0v) is 9.98. The highest BCUT2D eigenvalue weighted by Crippen LogP contribution is 2.43. The Morgan fingerprint density at radius 2 is 1.46 bits per heavy atom. The van der Waals surface area contributed by atoms with Crippen LogP contribution >= 0.6 is 8.46 Å². The van der Waals surface area contributed by atoms with Gasteiger partial charge in [-0.3, -0.25) is 4.57 Å². The first-order valence-corrected chi connectivity index (χ1v) is 5.37. The van der Waals surface area contributed by atoms with E-state index in [1.54, 1.807) is 0 Å². The molecular weight excluding hydrogens is 187 g/mol. The summed E-state index contributed by atoms with van der Waals surface area (Å²) in [5.41, 5.74) is -1.31. The second kappa shape index (κ2) is 5.04. The lowest BCUT2D eigenvalue weighted by Crippen LogP contribution is -2.43. The van der Waals surface area contributed by atoms with Crippen LogP contribution in [0, 0.1) is 5.41 Å². The van der Waals surface area contributed by atoms with Gasteiger partial charge < -0.3 is 9.47 Å². The summed E-state index contributed by atoms with van der Waals surface area (Å²) in [6, 6.07) is 0. The van der Waals surface area contributed by atoms with Crippen molar-refractivity contribution < 1.29 is 14.0 Å². The summed E-state index contributed by atoms with van der Waals surface area (Å²) in [6.45, 7) is 10.6. The SMILES string of the molecule is CCOC(OCC)(P=O)C(C)(C)C. The largest absolute Gasteiger partial charge is 0.340 e. The van der Waals surface area contributed by atoms with Crippen LogP contribution in [0.15, 0.2) is 0 Å². The smallest absolute Gasteiger partial charge is 0.256 e. The molecule has 4 heteroatoms. The molecule has 13 heavy (non-hydrogen) atoms. The Labute approximate surface area is 82.0 Å². The Balaban J connectivity index is 4.74. The van der Waals surface area contributed by atoms with Crippen molar-refractivity contribution in [2.24, 2.45) is 5.41 Å². The zero-order chi connectivity index (χ0) is 10.5. The summed E-state index contributed by atoms with van der Waals surface area (Å²) in [6.07, 6.45) is 0. The van der Waals surface area contributed by atoms with Crippen LogP contribution in [-0.2, 0) is 14.0 Å². The van der Waals surface area contributed by atoms with Crippen LogP contribution in [-0.4, -0.2) is 18.7 Å². The molecule has 0 spiro atoms. The van der Waals surface area contributed by atoms with Crippen LogP contribution < -0.4 is 0 Å². The number of ether oxygens (including phenoxy) is 2. The van der Waals surface area contributed by atoms with E-state index < -0.39 is 5.53 Å². The Hall–Kier alpha value is 0.0200. The van der Waals surface area contributed by atoms with Gasteiger partial charge in [-0.1, -0.05) is 20.8 Å². The third kappa shape index (κ3) is 3.01. The predicted octanol–water partition coefficient (Wildman–Crippen LogP) is 3.05. The van der Waals surface area contributed by atoms with Crippen LogP contribution in [0.5, 0.6) is 0 Å². The van der Waals surface area contributed by atoms with E-state index in [4.69, 9.17) is 9.47 Å². The maximum Gasteiger partial charge on any atom is 0.256 e. The summed E-state index contributed by atoms with van der Waals surface area (Å²) in [4.78, 5) is 0. The topological polar surface area (TPSA) is 35.5 Å². The minimum Gasteiger partial charge on any atom is -0.340 e. The zero-order valence-electron chi connectivity index (χ0n) is 9.09. The molecule has 0 rings (SSSR count). The average molecular weight is 206 g/mol. The standard InChI is InChI=1S/C9H19O3P/c1-6-11-9(13-10,12-7-2)8(3,4)5/h6-7H2,1-5H3. The minimum atomic E-state index is -1.00. The van der Waals surface area contributed by atoms with Gasteiger partial charge in [0.25, 0.3) is 5.53 Å². The second-order valence-corrected chi connectivity index (χ2v) is 4.56. The van der Waals surface area contributed by atoms with Crippen molar-refractivity contribution in [1.29, 1.82) is 0 Å². The molecule has 0 aromatic heterocycles. The molecule has 0 aliphatic carbocycles. The third-order valence-corrected chi connectivity index (χ3v) is 2.92. The fraction of sp³-hybridized carbons (Fsp3) is 1.00. The van der Waals surface area contributed by atoms with Crippen molar-refractivity contribution >= 4 is 8.46 Å². The molecule has 0 fully saturated rings. The Morgan fingerprint density at radius 3 is 1.62 bits per heavy atom. The van der Waals surface area contributed by atoms with Gasteiger partial charge in [-0.25, -0.2) is 0 Å². The molecule has 0 saturated heterocycles. The van der Waals surface area contributed by atoms with Gasteiger partial charge in [0.2, 0.25) is 8.46 Å². The van der Waals surface area contributed by atoms with Gasteiger partial charge in [-0.05, 0) is 13.8 Å². The van der Waals surface area contributed by atoms with E-state index in [1.807, 2.05) is 34.6 Å². The molecule has 0 heterocycles. The van der Waals surface area contributed by atoms with Gasteiger partial charge in [-0.2, -0.15) is 0 Å². The van der Waals surface area contributed by atoms with Crippen molar-refractivity contribution in [3.63, 3.8) is 0 Å². The van der Waals surface area contributed by atoms with Crippen LogP contribution in [0.25, 0.3) is 0 Å². The summed E-state index contributed by atoms with van der Waals surface area (Å²) in [5.74, 6) is 0. The van der Waals surface area contributed by atoms with Crippen LogP contribution in [0.1, 0.15) is 34.6 Å². The van der Waals surface area contributed by atoms with E-state index in [1.165, 1.54) is 0 Å². The second-order valence-electron chi connectivity index (χ2n) is 3.79. The van der Waals surface area contributed by atoms with E-state index in [0.29, 0.717) is 13.2 Å². The molecule has 0 aromatic rings. The quantitative estimate of drug-likeness (QED) is 0.512. The van der Waals surface area contributed by atoms with Crippen molar-refractivity contribution in [2.75, 3.05) is 13.2 Å². The lowest BCUT2D eigenvalue weighted by atomic mass is 9.95. The molecule has 0 atom stereocenters. The lowest BCUT2D eigenvalue weighted by Gasteiger charge is -2.37. The Morgan fingerprint density at radius 1 is 1.08 bits per heavy atom. The molecule has 0 N–H and O–H groups in total. The predicted molar refractivity (Wildman–Crippen MR) is 53.0 cm³/mol. The molecule has 0 aromatic carbocycles. The van der Waals surface area contributed by atoms with Crippen LogP contribution in [0.3, 0.4) is 0 Å². The van der Waals surface area contributed by atoms with Gasteiger partial charge in [0, 0.05) is 18.6 Å². The molecule has 0 saturated carbocycles. The van der Waals surface area contributed by atoms with Crippen LogP contribution in [0.2, 0.25) is 0 Å². The molecule has 0 bridgehead atoms. The first kappa shape index (κ1) is 13.0. The Bertz CT molecular complexity index is 157. The highest BCUT2D eigenvalue weighted by molar-refractivity contribution is 7.25. The maximum absolute atomic E-state index is 11.1. The van der Waals surface area contributed by atoms with E-state index >= 15 is 0 Å². The summed E-state index contributed by atoms with van der Waals surface area (Å²) in [7, 11) is -0.116. The first-order chi connectivity index (χ1) is 5.93. The van der Waals surface area contributed by atoms with Crippen molar-refractivity contribution in [3.8, 4) is 0 Å². The highest BCUT2D eigenvalue weighted by atomic mass is 31.1. The van der Waals surface area contributed by atoms with Crippen molar-refractivity contribution in [2.45, 2.75) is 40.1 Å². The molecular formula is C9H19O3P. The third-order valence-electron chi connectivity index (χ3n) is 1.75. The summed E-state index contributed by atoms with van der Waals surface area (Å²) < 4.78 is 22.0. The normalized spacial score (nSPS) is 13.6. The molecule has 0 radical (unpaired) electrons. The van der Waals surface area contributed by atoms with E-state index in [2.05, 4.69) is 0 Å². The fourth-order valence-corrected chi connectivity index (χ4v) is 1.69.